The van der Waals surface area contributed by atoms with Crippen molar-refractivity contribution < 1.29 is 27.1 Å². The van der Waals surface area contributed by atoms with Crippen LogP contribution in [0.25, 0.3) is 0 Å². The monoisotopic (exact) mass is 241 g/mol. The van der Waals surface area contributed by atoms with Crippen LogP contribution in [-0.2, 0) is 12.1 Å². The second-order valence-electron chi connectivity index (χ2n) is 3.25. The Balaban J connectivity index is 3.20. The Hall–Kier alpha value is -1.24. The molecule has 0 aliphatic heterocycles. The topological polar surface area (TPSA) is 33.1 Å². The molecule has 0 fully saturated rings. The van der Waals surface area contributed by atoms with Crippen LogP contribution in [0.3, 0.4) is 0 Å². The highest BCUT2D eigenvalue weighted by molar-refractivity contribution is 5.28. The van der Waals surface area contributed by atoms with Crippen molar-refractivity contribution in [3.05, 3.63) is 29.1 Å². The summed E-state index contributed by atoms with van der Waals surface area (Å²) in [5.74, 6) is -3.63. The second kappa shape index (κ2) is 3.97. The van der Waals surface area contributed by atoms with E-state index in [0.717, 1.165) is 6.92 Å². The van der Waals surface area contributed by atoms with Gasteiger partial charge < -0.3 is 5.11 Å². The third-order valence-electron chi connectivity index (χ3n) is 1.95. The Morgan fingerprint density at radius 1 is 1.25 bits per heavy atom. The highest BCUT2D eigenvalue weighted by atomic mass is 19.4. The molecular formula is C9H8F5NO. The van der Waals surface area contributed by atoms with Crippen molar-refractivity contribution in [2.45, 2.75) is 19.0 Å². The summed E-state index contributed by atoms with van der Waals surface area (Å²) in [5, 5.41) is 8.39. The number of aliphatic hydroxyl groups excluding tert-OH is 1. The van der Waals surface area contributed by atoms with Crippen molar-refractivity contribution in [1.82, 2.24) is 4.98 Å². The van der Waals surface area contributed by atoms with Gasteiger partial charge in [0, 0.05) is 6.20 Å². The zero-order valence-electron chi connectivity index (χ0n) is 8.15. The summed E-state index contributed by atoms with van der Waals surface area (Å²) < 4.78 is 62.6. The van der Waals surface area contributed by atoms with E-state index in [4.69, 9.17) is 5.11 Å². The molecule has 1 aromatic heterocycles. The molecule has 0 spiro atoms. The van der Waals surface area contributed by atoms with Crippen LogP contribution in [0.5, 0.6) is 0 Å². The molecule has 1 N–H and O–H groups in total. The van der Waals surface area contributed by atoms with Crippen LogP contribution < -0.4 is 0 Å². The number of halogens is 5. The number of nitrogens with zero attached hydrogens (tertiary/aromatic N) is 1. The average Bonchev–Trinajstić information content (AvgIpc) is 2.16. The molecule has 0 aliphatic carbocycles. The molecule has 0 atom stereocenters. The van der Waals surface area contributed by atoms with Crippen molar-refractivity contribution in [3.8, 4) is 0 Å². The fourth-order valence-corrected chi connectivity index (χ4v) is 1.19. The lowest BCUT2D eigenvalue weighted by molar-refractivity contribution is -0.138. The van der Waals surface area contributed by atoms with Crippen molar-refractivity contribution >= 4 is 0 Å². The Kier molecular flexibility index (Phi) is 3.18. The Morgan fingerprint density at radius 3 is 2.19 bits per heavy atom. The molecule has 1 heterocycles. The Labute approximate surface area is 87.7 Å². The second-order valence-corrected chi connectivity index (χ2v) is 3.25. The zero-order chi connectivity index (χ0) is 12.6. The standard InChI is InChI=1S/C9H8F5NO/c1-5-2-6(9(12,13)14)3-15-7(5)8(10,11)4-16/h2-3,16H,4H2,1H3. The fraction of sp³-hybridized carbons (Fsp3) is 0.444. The smallest absolute Gasteiger partial charge is 0.390 e. The lowest BCUT2D eigenvalue weighted by atomic mass is 10.1. The third kappa shape index (κ3) is 2.46. The van der Waals surface area contributed by atoms with Crippen LogP contribution in [0.1, 0.15) is 16.8 Å². The van der Waals surface area contributed by atoms with E-state index < -0.39 is 30.0 Å². The van der Waals surface area contributed by atoms with E-state index in [0.29, 0.717) is 12.3 Å². The van der Waals surface area contributed by atoms with Gasteiger partial charge in [-0.1, -0.05) is 0 Å². The van der Waals surface area contributed by atoms with Crippen LogP contribution in [0.4, 0.5) is 22.0 Å². The molecule has 0 aromatic carbocycles. The van der Waals surface area contributed by atoms with Crippen LogP contribution in [-0.4, -0.2) is 16.7 Å². The van der Waals surface area contributed by atoms with Crippen molar-refractivity contribution in [2.75, 3.05) is 6.61 Å². The van der Waals surface area contributed by atoms with E-state index in [-0.39, 0.29) is 5.56 Å². The SMILES string of the molecule is Cc1cc(C(F)(F)F)cnc1C(F)(F)CO. The number of hydrogen-bond acceptors (Lipinski definition) is 2. The predicted molar refractivity (Wildman–Crippen MR) is 45.0 cm³/mol. The van der Waals surface area contributed by atoms with Crippen molar-refractivity contribution in [2.24, 2.45) is 0 Å². The molecule has 0 saturated carbocycles. The largest absolute Gasteiger partial charge is 0.417 e. The molecular weight excluding hydrogens is 233 g/mol. The first kappa shape index (κ1) is 12.8. The maximum Gasteiger partial charge on any atom is 0.417 e. The van der Waals surface area contributed by atoms with Gasteiger partial charge in [-0.05, 0) is 18.6 Å². The maximum atomic E-state index is 13.0. The number of pyridine rings is 1. The quantitative estimate of drug-likeness (QED) is 0.807. The summed E-state index contributed by atoms with van der Waals surface area (Å²) in [6.07, 6.45) is -4.29. The summed E-state index contributed by atoms with van der Waals surface area (Å²) in [4.78, 5) is 3.06. The Morgan fingerprint density at radius 2 is 1.81 bits per heavy atom. The third-order valence-corrected chi connectivity index (χ3v) is 1.95. The van der Waals surface area contributed by atoms with E-state index in [1.807, 2.05) is 0 Å². The highest BCUT2D eigenvalue weighted by Gasteiger charge is 2.37. The fourth-order valence-electron chi connectivity index (χ4n) is 1.19. The van der Waals surface area contributed by atoms with Gasteiger partial charge in [-0.3, -0.25) is 4.98 Å². The molecule has 0 bridgehead atoms. The number of aliphatic hydroxyl groups is 1. The van der Waals surface area contributed by atoms with E-state index >= 15 is 0 Å². The van der Waals surface area contributed by atoms with Crippen molar-refractivity contribution in [3.63, 3.8) is 0 Å². The summed E-state index contributed by atoms with van der Waals surface area (Å²) in [7, 11) is 0. The van der Waals surface area contributed by atoms with Crippen molar-refractivity contribution in [1.29, 1.82) is 0 Å². The molecule has 7 heteroatoms. The summed E-state index contributed by atoms with van der Waals surface area (Å²) in [6, 6.07) is 0.575. The summed E-state index contributed by atoms with van der Waals surface area (Å²) in [5.41, 5.74) is -2.25. The number of aryl methyl sites for hydroxylation is 1. The van der Waals surface area contributed by atoms with Gasteiger partial charge in [0.25, 0.3) is 0 Å². The van der Waals surface area contributed by atoms with Gasteiger partial charge in [0.15, 0.2) is 0 Å². The van der Waals surface area contributed by atoms with Gasteiger partial charge in [0.1, 0.15) is 12.3 Å². The molecule has 0 radical (unpaired) electrons. The minimum Gasteiger partial charge on any atom is -0.390 e. The molecule has 0 aliphatic rings. The number of hydrogen-bond donors (Lipinski definition) is 1. The van der Waals surface area contributed by atoms with E-state index in [9.17, 15) is 22.0 Å². The number of rotatable bonds is 2. The first-order valence-corrected chi connectivity index (χ1v) is 4.21. The summed E-state index contributed by atoms with van der Waals surface area (Å²) >= 11 is 0. The predicted octanol–water partition coefficient (Wildman–Crippen LogP) is 2.49. The summed E-state index contributed by atoms with van der Waals surface area (Å²) in [6.45, 7) is -0.409. The first-order valence-electron chi connectivity index (χ1n) is 4.21. The molecule has 90 valence electrons. The molecule has 1 rings (SSSR count). The number of alkyl halides is 5. The molecule has 16 heavy (non-hydrogen) atoms. The number of aromatic nitrogens is 1. The molecule has 0 amide bonds. The van der Waals surface area contributed by atoms with E-state index in [1.54, 1.807) is 0 Å². The van der Waals surface area contributed by atoms with Gasteiger partial charge in [-0.2, -0.15) is 22.0 Å². The average molecular weight is 241 g/mol. The maximum absolute atomic E-state index is 13.0. The van der Waals surface area contributed by atoms with Gasteiger partial charge in [-0.25, -0.2) is 0 Å². The Bertz CT molecular complexity index is 388. The molecule has 0 unspecified atom stereocenters. The van der Waals surface area contributed by atoms with E-state index in [1.165, 1.54) is 0 Å². The molecule has 1 aromatic rings. The van der Waals surface area contributed by atoms with Gasteiger partial charge >= 0.3 is 12.1 Å². The highest BCUT2D eigenvalue weighted by Crippen LogP contribution is 2.33. The van der Waals surface area contributed by atoms with E-state index in [2.05, 4.69) is 4.98 Å². The van der Waals surface area contributed by atoms with Crippen LogP contribution in [0.15, 0.2) is 12.3 Å². The van der Waals surface area contributed by atoms with Crippen LogP contribution in [0.2, 0.25) is 0 Å². The normalized spacial score (nSPS) is 12.9. The van der Waals surface area contributed by atoms with Gasteiger partial charge in [0.2, 0.25) is 0 Å². The van der Waals surface area contributed by atoms with Crippen LogP contribution in [0, 0.1) is 6.92 Å². The minimum atomic E-state index is -4.62. The lowest BCUT2D eigenvalue weighted by Crippen LogP contribution is -2.22. The van der Waals surface area contributed by atoms with Gasteiger partial charge in [0.05, 0.1) is 5.56 Å². The molecule has 0 saturated heterocycles. The van der Waals surface area contributed by atoms with Crippen LogP contribution >= 0.6 is 0 Å². The first-order chi connectivity index (χ1) is 7.18. The lowest BCUT2D eigenvalue weighted by Gasteiger charge is -2.16. The minimum absolute atomic E-state index is 0.311. The van der Waals surface area contributed by atoms with Gasteiger partial charge in [-0.15, -0.1) is 0 Å². The molecule has 2 nitrogen and oxygen atoms in total. The zero-order valence-corrected chi connectivity index (χ0v) is 8.15.